The highest BCUT2D eigenvalue weighted by Crippen LogP contribution is 2.17. The van der Waals surface area contributed by atoms with Crippen LogP contribution in [-0.4, -0.2) is 37.2 Å². The van der Waals surface area contributed by atoms with Gasteiger partial charge >= 0.3 is 17.9 Å². The Balaban J connectivity index is 4.27. The van der Waals surface area contributed by atoms with E-state index in [4.69, 9.17) is 14.2 Å². The van der Waals surface area contributed by atoms with E-state index in [0.29, 0.717) is 19.3 Å². The summed E-state index contributed by atoms with van der Waals surface area (Å²) in [6.07, 6.45) is 43.8. The van der Waals surface area contributed by atoms with Gasteiger partial charge in [-0.3, -0.25) is 14.4 Å². The van der Waals surface area contributed by atoms with Crippen LogP contribution in [0.1, 0.15) is 279 Å². The van der Waals surface area contributed by atoms with Gasteiger partial charge in [0.05, 0.1) is 0 Å². The highest BCUT2D eigenvalue weighted by molar-refractivity contribution is 5.71. The molecule has 0 saturated heterocycles. The maximum Gasteiger partial charge on any atom is 0.306 e. The first-order valence-electron chi connectivity index (χ1n) is 25.2. The molecular formula is C51H98O6. The van der Waals surface area contributed by atoms with Crippen molar-refractivity contribution in [2.24, 2.45) is 11.8 Å². The second-order valence-corrected chi connectivity index (χ2v) is 18.4. The molecule has 0 aromatic rings. The van der Waals surface area contributed by atoms with Crippen LogP contribution in [0, 0.1) is 11.8 Å². The van der Waals surface area contributed by atoms with Crippen LogP contribution >= 0.6 is 0 Å². The van der Waals surface area contributed by atoms with Crippen molar-refractivity contribution in [3.05, 3.63) is 0 Å². The summed E-state index contributed by atoms with van der Waals surface area (Å²) in [5.41, 5.74) is 0. The summed E-state index contributed by atoms with van der Waals surface area (Å²) in [4.78, 5) is 37.8. The fourth-order valence-corrected chi connectivity index (χ4v) is 7.64. The van der Waals surface area contributed by atoms with Crippen molar-refractivity contribution < 1.29 is 28.6 Å². The predicted octanol–water partition coefficient (Wildman–Crippen LogP) is 16.1. The van der Waals surface area contributed by atoms with Crippen LogP contribution in [0.5, 0.6) is 0 Å². The summed E-state index contributed by atoms with van der Waals surface area (Å²) >= 11 is 0. The Morgan fingerprint density at radius 3 is 0.860 bits per heavy atom. The van der Waals surface area contributed by atoms with Gasteiger partial charge in [-0.15, -0.1) is 0 Å². The monoisotopic (exact) mass is 807 g/mol. The van der Waals surface area contributed by atoms with Crippen molar-refractivity contribution >= 4 is 17.9 Å². The van der Waals surface area contributed by atoms with Gasteiger partial charge in [-0.1, -0.05) is 240 Å². The van der Waals surface area contributed by atoms with E-state index < -0.39 is 6.10 Å². The number of esters is 3. The molecule has 338 valence electrons. The van der Waals surface area contributed by atoms with Crippen LogP contribution < -0.4 is 0 Å². The third-order valence-electron chi connectivity index (χ3n) is 11.5. The molecule has 0 spiro atoms. The number of carbonyl (C=O) groups excluding carboxylic acids is 3. The number of hydrogen-bond acceptors (Lipinski definition) is 6. The molecule has 0 amide bonds. The second kappa shape index (κ2) is 44.0. The first kappa shape index (κ1) is 55.4. The smallest absolute Gasteiger partial charge is 0.306 e. The van der Waals surface area contributed by atoms with Gasteiger partial charge in [-0.2, -0.15) is 0 Å². The summed E-state index contributed by atoms with van der Waals surface area (Å²) in [5.74, 6) is 0.799. The molecule has 0 unspecified atom stereocenters. The minimum Gasteiger partial charge on any atom is -0.462 e. The van der Waals surface area contributed by atoms with Crippen molar-refractivity contribution in [1.29, 1.82) is 0 Å². The molecule has 6 nitrogen and oxygen atoms in total. The standard InChI is InChI=1S/C51H98O6/c1-6-7-8-9-10-11-21-26-31-36-41-49(52)55-44-48(57-51(54)43-38-33-28-23-18-20-25-30-35-40-47(4)5)45-56-50(53)42-37-32-27-22-17-15-13-12-14-16-19-24-29-34-39-46(2)3/h46-48H,6-45H2,1-5H3/t48-/m0/s1. The summed E-state index contributed by atoms with van der Waals surface area (Å²) in [7, 11) is 0. The van der Waals surface area contributed by atoms with Gasteiger partial charge in [0, 0.05) is 19.3 Å². The average molecular weight is 807 g/mol. The maximum absolute atomic E-state index is 12.7. The zero-order chi connectivity index (χ0) is 41.9. The lowest BCUT2D eigenvalue weighted by Crippen LogP contribution is -2.30. The minimum atomic E-state index is -0.761. The van der Waals surface area contributed by atoms with E-state index in [1.165, 1.54) is 167 Å². The van der Waals surface area contributed by atoms with E-state index in [9.17, 15) is 14.4 Å². The molecule has 0 heterocycles. The lowest BCUT2D eigenvalue weighted by Gasteiger charge is -2.18. The van der Waals surface area contributed by atoms with Crippen molar-refractivity contribution in [2.75, 3.05) is 13.2 Å². The van der Waals surface area contributed by atoms with Gasteiger partial charge in [0.15, 0.2) is 6.10 Å². The molecule has 6 heteroatoms. The Labute approximate surface area is 355 Å². The van der Waals surface area contributed by atoms with E-state index in [1.807, 2.05) is 0 Å². The molecule has 0 saturated carbocycles. The zero-order valence-corrected chi connectivity index (χ0v) is 39.0. The van der Waals surface area contributed by atoms with Gasteiger partial charge in [0.25, 0.3) is 0 Å². The number of carbonyl (C=O) groups is 3. The Kier molecular flexibility index (Phi) is 42.7. The van der Waals surface area contributed by atoms with E-state index in [1.54, 1.807) is 0 Å². The van der Waals surface area contributed by atoms with Gasteiger partial charge in [0.1, 0.15) is 13.2 Å². The van der Waals surface area contributed by atoms with Crippen molar-refractivity contribution in [2.45, 2.75) is 285 Å². The molecule has 0 fully saturated rings. The van der Waals surface area contributed by atoms with E-state index >= 15 is 0 Å². The second-order valence-electron chi connectivity index (χ2n) is 18.4. The highest BCUT2D eigenvalue weighted by Gasteiger charge is 2.19. The Hall–Kier alpha value is -1.59. The largest absolute Gasteiger partial charge is 0.462 e. The van der Waals surface area contributed by atoms with Crippen molar-refractivity contribution in [3.63, 3.8) is 0 Å². The molecular weight excluding hydrogens is 709 g/mol. The van der Waals surface area contributed by atoms with Gasteiger partial charge in [-0.25, -0.2) is 0 Å². The molecule has 0 aromatic heterocycles. The minimum absolute atomic E-state index is 0.0641. The molecule has 0 bridgehead atoms. The van der Waals surface area contributed by atoms with Crippen LogP contribution in [0.2, 0.25) is 0 Å². The summed E-state index contributed by atoms with van der Waals surface area (Å²) in [6, 6.07) is 0. The molecule has 0 aromatic carbocycles. The summed E-state index contributed by atoms with van der Waals surface area (Å²) in [5, 5.41) is 0. The fourth-order valence-electron chi connectivity index (χ4n) is 7.64. The zero-order valence-electron chi connectivity index (χ0n) is 39.0. The lowest BCUT2D eigenvalue weighted by atomic mass is 10.0. The van der Waals surface area contributed by atoms with Gasteiger partial charge < -0.3 is 14.2 Å². The number of ether oxygens (including phenoxy) is 3. The molecule has 0 aliphatic heterocycles. The summed E-state index contributed by atoms with van der Waals surface area (Å²) in [6.45, 7) is 11.3. The number of rotatable bonds is 45. The molecule has 0 rings (SSSR count). The first-order valence-corrected chi connectivity index (χ1v) is 25.2. The molecule has 0 aliphatic rings. The molecule has 0 radical (unpaired) electrons. The topological polar surface area (TPSA) is 78.9 Å². The predicted molar refractivity (Wildman–Crippen MR) is 243 cm³/mol. The summed E-state index contributed by atoms with van der Waals surface area (Å²) < 4.78 is 16.8. The normalized spacial score (nSPS) is 12.1. The Morgan fingerprint density at radius 1 is 0.333 bits per heavy atom. The lowest BCUT2D eigenvalue weighted by molar-refractivity contribution is -0.167. The van der Waals surface area contributed by atoms with E-state index in [2.05, 4.69) is 34.6 Å². The maximum atomic E-state index is 12.7. The third kappa shape index (κ3) is 45.3. The molecule has 0 N–H and O–H groups in total. The van der Waals surface area contributed by atoms with Gasteiger partial charge in [0.2, 0.25) is 0 Å². The van der Waals surface area contributed by atoms with E-state index in [0.717, 1.165) is 69.6 Å². The number of hydrogen-bond donors (Lipinski definition) is 0. The van der Waals surface area contributed by atoms with Crippen LogP contribution in [0.3, 0.4) is 0 Å². The fraction of sp³-hybridized carbons (Fsp3) is 0.941. The Morgan fingerprint density at radius 2 is 0.579 bits per heavy atom. The SMILES string of the molecule is CCCCCCCCCCCCC(=O)OC[C@@H](COC(=O)CCCCCCCCCCCCCCCCC(C)C)OC(=O)CCCCCCCCCCCC(C)C. The molecule has 57 heavy (non-hydrogen) atoms. The van der Waals surface area contributed by atoms with Crippen LogP contribution in [0.15, 0.2) is 0 Å². The number of unbranched alkanes of at least 4 members (excludes halogenated alkanes) is 30. The molecule has 1 atom stereocenters. The Bertz CT molecular complexity index is 870. The van der Waals surface area contributed by atoms with Crippen LogP contribution in [0.25, 0.3) is 0 Å². The first-order chi connectivity index (χ1) is 27.7. The quantitative estimate of drug-likeness (QED) is 0.0346. The van der Waals surface area contributed by atoms with Crippen LogP contribution in [-0.2, 0) is 28.6 Å². The van der Waals surface area contributed by atoms with Crippen molar-refractivity contribution in [3.8, 4) is 0 Å². The van der Waals surface area contributed by atoms with Gasteiger partial charge in [-0.05, 0) is 31.1 Å². The third-order valence-corrected chi connectivity index (χ3v) is 11.5. The highest BCUT2D eigenvalue weighted by atomic mass is 16.6. The van der Waals surface area contributed by atoms with E-state index in [-0.39, 0.29) is 31.1 Å². The molecule has 0 aliphatic carbocycles. The average Bonchev–Trinajstić information content (AvgIpc) is 3.18. The van der Waals surface area contributed by atoms with Crippen molar-refractivity contribution in [1.82, 2.24) is 0 Å². The van der Waals surface area contributed by atoms with Crippen LogP contribution in [0.4, 0.5) is 0 Å².